The molecule has 3 aromatic rings. The van der Waals surface area contributed by atoms with Gasteiger partial charge in [-0.15, -0.1) is 16.9 Å². The fraction of sp³-hybridized carbons (Fsp3) is 0.312. The number of anilines is 1. The van der Waals surface area contributed by atoms with Crippen LogP contribution >= 0.6 is 11.8 Å². The highest BCUT2D eigenvalue weighted by Gasteiger charge is 2.10. The molecule has 3 rings (SSSR count). The summed E-state index contributed by atoms with van der Waals surface area (Å²) in [5, 5.41) is 18.7. The molecule has 2 aromatic heterocycles. The number of rotatable bonds is 7. The van der Waals surface area contributed by atoms with Crippen molar-refractivity contribution in [1.29, 1.82) is 0 Å². The van der Waals surface area contributed by atoms with Crippen LogP contribution in [-0.4, -0.2) is 41.6 Å². The highest BCUT2D eigenvalue weighted by molar-refractivity contribution is 7.99. The normalized spacial score (nSPS) is 11.0. The molecule has 0 spiro atoms. The topological polar surface area (TPSA) is 90.5 Å². The number of aromatic nitrogens is 6. The van der Waals surface area contributed by atoms with E-state index in [1.807, 2.05) is 50.4 Å². The number of hydrogen-bond donors (Lipinski definition) is 1. The Labute approximate surface area is 149 Å². The molecule has 8 nitrogen and oxygen atoms in total. The fourth-order valence-electron chi connectivity index (χ4n) is 2.26. The number of nitrogens with zero attached hydrogens (tertiary/aromatic N) is 6. The summed E-state index contributed by atoms with van der Waals surface area (Å²) in [7, 11) is 0. The monoisotopic (exact) mass is 357 g/mol. The number of carbonyl (C=O) groups is 1. The second kappa shape index (κ2) is 7.93. The van der Waals surface area contributed by atoms with Crippen LogP contribution in [-0.2, 0) is 10.5 Å². The van der Waals surface area contributed by atoms with Crippen molar-refractivity contribution in [3.8, 4) is 5.69 Å². The first kappa shape index (κ1) is 17.2. The van der Waals surface area contributed by atoms with E-state index in [0.29, 0.717) is 11.5 Å². The zero-order valence-corrected chi connectivity index (χ0v) is 14.8. The van der Waals surface area contributed by atoms with Gasteiger partial charge in [-0.2, -0.15) is 5.10 Å². The van der Waals surface area contributed by atoms with Gasteiger partial charge in [-0.25, -0.2) is 9.36 Å². The summed E-state index contributed by atoms with van der Waals surface area (Å²) in [6.45, 7) is 4.04. The zero-order valence-electron chi connectivity index (χ0n) is 14.0. The van der Waals surface area contributed by atoms with E-state index < -0.39 is 0 Å². The summed E-state index contributed by atoms with van der Waals surface area (Å²) in [4.78, 5) is 12.1. The van der Waals surface area contributed by atoms with Gasteiger partial charge in [0.15, 0.2) is 5.82 Å². The van der Waals surface area contributed by atoms with Crippen molar-refractivity contribution >= 4 is 23.4 Å². The minimum Gasteiger partial charge on any atom is -0.325 e. The van der Waals surface area contributed by atoms with E-state index in [-0.39, 0.29) is 11.9 Å². The molecule has 0 bridgehead atoms. The number of amides is 1. The molecule has 0 fully saturated rings. The molecule has 0 unspecified atom stereocenters. The number of nitrogens with one attached hydrogen (secondary N) is 1. The molecule has 0 saturated carbocycles. The average molecular weight is 357 g/mol. The first-order chi connectivity index (χ1) is 12.1. The van der Waals surface area contributed by atoms with Crippen LogP contribution in [0.2, 0.25) is 0 Å². The minimum absolute atomic E-state index is 0.0552. The van der Waals surface area contributed by atoms with Gasteiger partial charge in [-0.05, 0) is 54.6 Å². The van der Waals surface area contributed by atoms with Gasteiger partial charge in [0, 0.05) is 18.1 Å². The van der Waals surface area contributed by atoms with Gasteiger partial charge in [-0.3, -0.25) is 4.79 Å². The Morgan fingerprint density at radius 1 is 1.28 bits per heavy atom. The third kappa shape index (κ3) is 4.44. The van der Waals surface area contributed by atoms with E-state index in [2.05, 4.69) is 25.9 Å². The summed E-state index contributed by atoms with van der Waals surface area (Å²) in [5.74, 6) is 1.65. The van der Waals surface area contributed by atoms with Gasteiger partial charge in [0.1, 0.15) is 0 Å². The summed E-state index contributed by atoms with van der Waals surface area (Å²) in [5.41, 5.74) is 1.70. The Bertz CT molecular complexity index is 811. The largest absolute Gasteiger partial charge is 0.325 e. The van der Waals surface area contributed by atoms with E-state index in [9.17, 15) is 4.79 Å². The third-order valence-corrected chi connectivity index (χ3v) is 4.36. The van der Waals surface area contributed by atoms with Crippen molar-refractivity contribution in [2.24, 2.45) is 0 Å². The zero-order chi connectivity index (χ0) is 17.6. The van der Waals surface area contributed by atoms with Crippen molar-refractivity contribution in [3.63, 3.8) is 0 Å². The SMILES string of the molecule is CC(C)n1nnnc1CSCC(=O)Nc1ccc(-n2cccn2)cc1. The molecule has 1 N–H and O–H groups in total. The third-order valence-electron chi connectivity index (χ3n) is 3.43. The molecule has 130 valence electrons. The van der Waals surface area contributed by atoms with Crippen LogP contribution in [0.15, 0.2) is 42.7 Å². The number of hydrogen-bond acceptors (Lipinski definition) is 6. The number of thioether (sulfide) groups is 1. The van der Waals surface area contributed by atoms with E-state index in [0.717, 1.165) is 17.2 Å². The molecular weight excluding hydrogens is 338 g/mol. The summed E-state index contributed by atoms with van der Waals surface area (Å²) >= 11 is 1.48. The Kier molecular flexibility index (Phi) is 5.44. The highest BCUT2D eigenvalue weighted by atomic mass is 32.2. The summed E-state index contributed by atoms with van der Waals surface area (Å²) in [6, 6.07) is 9.60. The Balaban J connectivity index is 1.48. The lowest BCUT2D eigenvalue weighted by Crippen LogP contribution is -2.15. The van der Waals surface area contributed by atoms with Gasteiger partial charge in [-0.1, -0.05) is 0 Å². The Morgan fingerprint density at radius 2 is 2.08 bits per heavy atom. The van der Waals surface area contributed by atoms with E-state index in [4.69, 9.17) is 0 Å². The van der Waals surface area contributed by atoms with Crippen LogP contribution in [0.5, 0.6) is 0 Å². The number of tetrazole rings is 1. The van der Waals surface area contributed by atoms with Crippen molar-refractivity contribution < 1.29 is 4.79 Å². The predicted molar refractivity (Wildman–Crippen MR) is 96.6 cm³/mol. The summed E-state index contributed by atoms with van der Waals surface area (Å²) < 4.78 is 3.53. The fourth-order valence-corrected chi connectivity index (χ4v) is 2.99. The smallest absolute Gasteiger partial charge is 0.234 e. The van der Waals surface area contributed by atoms with Gasteiger partial charge in [0.05, 0.1) is 23.2 Å². The second-order valence-electron chi connectivity index (χ2n) is 5.67. The molecule has 0 atom stereocenters. The molecule has 0 aliphatic rings. The number of benzene rings is 1. The van der Waals surface area contributed by atoms with E-state index in [1.165, 1.54) is 11.8 Å². The van der Waals surface area contributed by atoms with Crippen LogP contribution in [0.25, 0.3) is 5.69 Å². The lowest BCUT2D eigenvalue weighted by Gasteiger charge is -2.08. The first-order valence-electron chi connectivity index (χ1n) is 7.88. The van der Waals surface area contributed by atoms with Crippen molar-refractivity contribution in [2.75, 3.05) is 11.1 Å². The van der Waals surface area contributed by atoms with E-state index >= 15 is 0 Å². The van der Waals surface area contributed by atoms with E-state index in [1.54, 1.807) is 15.6 Å². The van der Waals surface area contributed by atoms with Crippen molar-refractivity contribution in [2.45, 2.75) is 25.6 Å². The quantitative estimate of drug-likeness (QED) is 0.698. The van der Waals surface area contributed by atoms with Crippen LogP contribution in [0.4, 0.5) is 5.69 Å². The lowest BCUT2D eigenvalue weighted by atomic mass is 10.3. The van der Waals surface area contributed by atoms with Gasteiger partial charge < -0.3 is 5.32 Å². The Morgan fingerprint density at radius 3 is 2.76 bits per heavy atom. The lowest BCUT2D eigenvalue weighted by molar-refractivity contribution is -0.113. The van der Waals surface area contributed by atoms with Crippen LogP contribution in [0.1, 0.15) is 25.7 Å². The van der Waals surface area contributed by atoms with Gasteiger partial charge in [0.2, 0.25) is 5.91 Å². The van der Waals surface area contributed by atoms with Crippen molar-refractivity contribution in [3.05, 3.63) is 48.5 Å². The molecule has 0 radical (unpaired) electrons. The molecular formula is C16H19N7OS. The first-order valence-corrected chi connectivity index (χ1v) is 9.03. The van der Waals surface area contributed by atoms with Gasteiger partial charge in [0.25, 0.3) is 0 Å². The Hall–Kier alpha value is -2.68. The standard InChI is InChI=1S/C16H19N7OS/c1-12(2)23-15(19-20-21-23)10-25-11-16(24)18-13-4-6-14(7-5-13)22-9-3-8-17-22/h3-9,12H,10-11H2,1-2H3,(H,18,24). The minimum atomic E-state index is -0.0552. The maximum Gasteiger partial charge on any atom is 0.234 e. The maximum absolute atomic E-state index is 12.1. The molecule has 1 aromatic carbocycles. The van der Waals surface area contributed by atoms with Crippen LogP contribution in [0, 0.1) is 0 Å². The second-order valence-corrected chi connectivity index (χ2v) is 6.66. The molecule has 2 heterocycles. The molecule has 0 aliphatic heterocycles. The molecule has 0 saturated heterocycles. The van der Waals surface area contributed by atoms with Gasteiger partial charge >= 0.3 is 0 Å². The molecule has 9 heteroatoms. The van der Waals surface area contributed by atoms with Crippen LogP contribution < -0.4 is 5.32 Å². The summed E-state index contributed by atoms with van der Waals surface area (Å²) in [6.07, 6.45) is 3.59. The highest BCUT2D eigenvalue weighted by Crippen LogP contribution is 2.15. The average Bonchev–Trinajstić information content (AvgIpc) is 3.27. The number of carbonyl (C=O) groups excluding carboxylic acids is 1. The molecule has 1 amide bonds. The maximum atomic E-state index is 12.1. The predicted octanol–water partition coefficient (Wildman–Crippen LogP) is 2.31. The molecule has 0 aliphatic carbocycles. The van der Waals surface area contributed by atoms with Crippen LogP contribution in [0.3, 0.4) is 0 Å². The van der Waals surface area contributed by atoms with Crippen molar-refractivity contribution in [1.82, 2.24) is 30.0 Å². The molecule has 25 heavy (non-hydrogen) atoms.